The quantitative estimate of drug-likeness (QED) is 0.471. The van der Waals surface area contributed by atoms with Crippen LogP contribution in [0.4, 0.5) is 22.0 Å². The Morgan fingerprint density at radius 3 is 2.38 bits per heavy atom. The van der Waals surface area contributed by atoms with Gasteiger partial charge in [0.25, 0.3) is 0 Å². The molecule has 2 saturated carbocycles. The molecule has 2 aliphatic carbocycles. The van der Waals surface area contributed by atoms with Gasteiger partial charge < -0.3 is 4.74 Å². The maximum absolute atomic E-state index is 14.7. The van der Waals surface area contributed by atoms with Crippen molar-refractivity contribution in [1.82, 2.24) is 0 Å². The van der Waals surface area contributed by atoms with Crippen molar-refractivity contribution in [3.8, 4) is 5.75 Å². The molecule has 0 aromatic heterocycles. The van der Waals surface area contributed by atoms with Gasteiger partial charge in [0.15, 0.2) is 17.4 Å². The van der Waals surface area contributed by atoms with Crippen LogP contribution in [0, 0.1) is 35.2 Å². The molecule has 2 aromatic rings. The molecule has 2 aliphatic rings. The van der Waals surface area contributed by atoms with E-state index < -0.39 is 35.2 Å². The van der Waals surface area contributed by atoms with E-state index in [9.17, 15) is 22.0 Å². The minimum Gasteiger partial charge on any atom is -0.429 e. The first kappa shape index (κ1) is 20.4. The average Bonchev–Trinajstić information content (AvgIpc) is 2.69. The molecule has 1 nitrogen and oxygen atoms in total. The molecule has 4 atom stereocenters. The van der Waals surface area contributed by atoms with Crippen LogP contribution in [0.15, 0.2) is 18.2 Å². The fraction of sp³-hybridized carbons (Fsp3) is 0.565. The highest BCUT2D eigenvalue weighted by Crippen LogP contribution is 2.48. The first-order valence-corrected chi connectivity index (χ1v) is 10.4. The van der Waals surface area contributed by atoms with Crippen LogP contribution in [-0.4, -0.2) is 6.61 Å². The van der Waals surface area contributed by atoms with Crippen molar-refractivity contribution >= 4 is 10.8 Å². The van der Waals surface area contributed by atoms with E-state index in [1.54, 1.807) is 6.07 Å². The Labute approximate surface area is 167 Å². The summed E-state index contributed by atoms with van der Waals surface area (Å²) >= 11 is 0. The summed E-state index contributed by atoms with van der Waals surface area (Å²) in [5.41, 5.74) is 0.729. The number of alkyl halides is 2. The van der Waals surface area contributed by atoms with E-state index in [4.69, 9.17) is 0 Å². The molecule has 0 heterocycles. The van der Waals surface area contributed by atoms with Crippen molar-refractivity contribution in [3.05, 3.63) is 41.2 Å². The van der Waals surface area contributed by atoms with Crippen LogP contribution in [0.25, 0.3) is 10.8 Å². The van der Waals surface area contributed by atoms with E-state index in [0.717, 1.165) is 42.7 Å². The normalized spacial score (nSPS) is 27.3. The summed E-state index contributed by atoms with van der Waals surface area (Å²) in [6.45, 7) is -1.15. The first-order chi connectivity index (χ1) is 13.9. The molecule has 158 valence electrons. The van der Waals surface area contributed by atoms with Crippen molar-refractivity contribution in [2.45, 2.75) is 64.4 Å². The van der Waals surface area contributed by atoms with E-state index in [1.165, 1.54) is 31.7 Å². The monoisotopic (exact) mass is 412 g/mol. The Balaban J connectivity index is 1.63. The first-order valence-electron chi connectivity index (χ1n) is 10.4. The smallest absolute Gasteiger partial charge is 0.387 e. The molecule has 0 bridgehead atoms. The molecule has 2 fully saturated rings. The van der Waals surface area contributed by atoms with E-state index >= 15 is 0 Å². The zero-order chi connectivity index (χ0) is 20.7. The molecule has 0 N–H and O–H groups in total. The van der Waals surface area contributed by atoms with Gasteiger partial charge in [0.05, 0.1) is 5.39 Å². The standard InChI is InChI=1S/C23H25F5O/c1-2-12-3-4-14-8-15(6-5-13(14)7-12)16-9-17-11-19(25)22(29-23(27)28)21(26)20(17)18(24)10-16/h9-15,23H,2-8H2,1H3/t12-,13?,14-,15?/m1/s1. The third kappa shape index (κ3) is 3.95. The van der Waals surface area contributed by atoms with Crippen LogP contribution in [0.1, 0.15) is 63.4 Å². The van der Waals surface area contributed by atoms with Gasteiger partial charge in [-0.3, -0.25) is 0 Å². The molecule has 0 amide bonds. The molecule has 0 radical (unpaired) electrons. The number of fused-ring (bicyclic) bond motifs is 2. The van der Waals surface area contributed by atoms with Gasteiger partial charge in [0, 0.05) is 0 Å². The lowest BCUT2D eigenvalue weighted by Crippen LogP contribution is -2.30. The molecule has 0 spiro atoms. The van der Waals surface area contributed by atoms with Crippen LogP contribution < -0.4 is 4.74 Å². The fourth-order valence-corrected chi connectivity index (χ4v) is 5.51. The summed E-state index contributed by atoms with van der Waals surface area (Å²) in [6, 6.07) is 3.75. The van der Waals surface area contributed by atoms with Crippen molar-refractivity contribution in [1.29, 1.82) is 0 Å². The van der Waals surface area contributed by atoms with Crippen LogP contribution >= 0.6 is 0 Å². The van der Waals surface area contributed by atoms with Gasteiger partial charge in [-0.2, -0.15) is 8.78 Å². The Bertz CT molecular complexity index is 897. The molecular formula is C23H25F5O. The third-order valence-corrected chi connectivity index (χ3v) is 7.04. The topological polar surface area (TPSA) is 9.23 Å². The third-order valence-electron chi connectivity index (χ3n) is 7.04. The predicted molar refractivity (Wildman–Crippen MR) is 102 cm³/mol. The highest BCUT2D eigenvalue weighted by atomic mass is 19.3. The van der Waals surface area contributed by atoms with E-state index in [2.05, 4.69) is 11.7 Å². The minimum atomic E-state index is -3.39. The zero-order valence-corrected chi connectivity index (χ0v) is 16.4. The highest BCUT2D eigenvalue weighted by molar-refractivity contribution is 5.86. The van der Waals surface area contributed by atoms with Gasteiger partial charge in [0.2, 0.25) is 0 Å². The highest BCUT2D eigenvalue weighted by Gasteiger charge is 2.36. The van der Waals surface area contributed by atoms with Gasteiger partial charge in [-0.25, -0.2) is 13.2 Å². The summed E-state index contributed by atoms with van der Waals surface area (Å²) in [6.07, 6.45) is 7.90. The molecule has 2 aromatic carbocycles. The Kier molecular flexibility index (Phi) is 5.71. The SMILES string of the molecule is CC[C@@H]1CC[C@@H]2CC(c3cc(F)c4c(F)c(OC(F)F)c(F)cc4c3)CCC2C1. The number of hydrogen-bond acceptors (Lipinski definition) is 1. The lowest BCUT2D eigenvalue weighted by Gasteiger charge is -2.42. The summed E-state index contributed by atoms with van der Waals surface area (Å²) in [5, 5.41) is -0.476. The van der Waals surface area contributed by atoms with Gasteiger partial charge in [0.1, 0.15) is 5.82 Å². The van der Waals surface area contributed by atoms with Gasteiger partial charge in [-0.15, -0.1) is 0 Å². The maximum atomic E-state index is 14.7. The Hall–Kier alpha value is -1.85. The van der Waals surface area contributed by atoms with Crippen LogP contribution in [-0.2, 0) is 0 Å². The second-order valence-electron chi connectivity index (χ2n) is 8.60. The number of hydrogen-bond donors (Lipinski definition) is 0. The second-order valence-corrected chi connectivity index (χ2v) is 8.60. The van der Waals surface area contributed by atoms with Gasteiger partial charge in [-0.05, 0) is 78.9 Å². The molecule has 0 saturated heterocycles. The van der Waals surface area contributed by atoms with Crippen molar-refractivity contribution in [2.24, 2.45) is 17.8 Å². The second kappa shape index (κ2) is 8.11. The van der Waals surface area contributed by atoms with E-state index in [-0.39, 0.29) is 11.3 Å². The molecule has 6 heteroatoms. The summed E-state index contributed by atoms with van der Waals surface area (Å²) in [4.78, 5) is 0. The van der Waals surface area contributed by atoms with Crippen LogP contribution in [0.3, 0.4) is 0 Å². The van der Waals surface area contributed by atoms with Crippen LogP contribution in [0.2, 0.25) is 0 Å². The minimum absolute atomic E-state index is 0.0356. The maximum Gasteiger partial charge on any atom is 0.387 e. The molecule has 29 heavy (non-hydrogen) atoms. The molecular weight excluding hydrogens is 387 g/mol. The molecule has 4 rings (SSSR count). The van der Waals surface area contributed by atoms with Crippen molar-refractivity contribution in [3.63, 3.8) is 0 Å². The van der Waals surface area contributed by atoms with Gasteiger partial charge in [-0.1, -0.05) is 25.8 Å². The predicted octanol–water partition coefficient (Wildman–Crippen LogP) is 7.57. The molecule has 2 unspecified atom stereocenters. The lowest BCUT2D eigenvalue weighted by molar-refractivity contribution is -0.0544. The lowest BCUT2D eigenvalue weighted by atomic mass is 9.63. The summed E-state index contributed by atoms with van der Waals surface area (Å²) < 4.78 is 72.1. The number of ether oxygens (including phenoxy) is 1. The average molecular weight is 412 g/mol. The number of rotatable bonds is 4. The molecule has 0 aliphatic heterocycles. The van der Waals surface area contributed by atoms with Gasteiger partial charge >= 0.3 is 6.61 Å². The number of benzene rings is 2. The summed E-state index contributed by atoms with van der Waals surface area (Å²) in [5.74, 6) is -2.50. The van der Waals surface area contributed by atoms with Crippen LogP contribution in [0.5, 0.6) is 5.75 Å². The zero-order valence-electron chi connectivity index (χ0n) is 16.4. The summed E-state index contributed by atoms with van der Waals surface area (Å²) in [7, 11) is 0. The fourth-order valence-electron chi connectivity index (χ4n) is 5.51. The Morgan fingerprint density at radius 2 is 1.66 bits per heavy atom. The number of halogens is 5. The Morgan fingerprint density at radius 1 is 0.931 bits per heavy atom. The van der Waals surface area contributed by atoms with Crippen molar-refractivity contribution in [2.75, 3.05) is 0 Å². The van der Waals surface area contributed by atoms with Crippen molar-refractivity contribution < 1.29 is 26.7 Å². The van der Waals surface area contributed by atoms with E-state index in [0.29, 0.717) is 5.92 Å². The largest absolute Gasteiger partial charge is 0.429 e. The van der Waals surface area contributed by atoms with E-state index in [1.807, 2.05) is 0 Å².